The molecular formula is C12H9F2NO5. The van der Waals surface area contributed by atoms with Crippen molar-refractivity contribution in [1.29, 1.82) is 0 Å². The molecule has 0 saturated carbocycles. The fourth-order valence-corrected chi connectivity index (χ4v) is 2.09. The third-order valence-electron chi connectivity index (χ3n) is 3.00. The van der Waals surface area contributed by atoms with Crippen LogP contribution in [0.4, 0.5) is 14.5 Å². The summed E-state index contributed by atoms with van der Waals surface area (Å²) in [4.78, 5) is 34.3. The summed E-state index contributed by atoms with van der Waals surface area (Å²) in [6.07, 6.45) is -0.356. The van der Waals surface area contributed by atoms with Crippen LogP contribution in [0.15, 0.2) is 12.1 Å². The highest BCUT2D eigenvalue weighted by molar-refractivity contribution is 6.04. The van der Waals surface area contributed by atoms with Gasteiger partial charge in [0.25, 0.3) is 0 Å². The zero-order valence-corrected chi connectivity index (χ0v) is 9.97. The quantitative estimate of drug-likeness (QED) is 0.867. The van der Waals surface area contributed by atoms with Crippen molar-refractivity contribution in [2.24, 2.45) is 5.92 Å². The van der Waals surface area contributed by atoms with Crippen LogP contribution in [0.3, 0.4) is 0 Å². The number of nitrogens with zero attached hydrogens (tertiary/aromatic N) is 1. The number of carboxylic acid groups (broad SMARTS) is 2. The van der Waals surface area contributed by atoms with E-state index in [0.29, 0.717) is 12.1 Å². The second-order valence-electron chi connectivity index (χ2n) is 4.33. The first-order valence-electron chi connectivity index (χ1n) is 5.56. The number of carboxylic acids is 2. The number of hydrogen-bond acceptors (Lipinski definition) is 3. The minimum atomic E-state index is -1.61. The van der Waals surface area contributed by atoms with E-state index in [1.54, 1.807) is 0 Å². The molecule has 6 nitrogen and oxygen atoms in total. The van der Waals surface area contributed by atoms with Gasteiger partial charge in [-0.2, -0.15) is 0 Å². The van der Waals surface area contributed by atoms with Gasteiger partial charge in [0, 0.05) is 19.0 Å². The molecule has 1 aromatic rings. The molecule has 0 aliphatic carbocycles. The molecule has 0 spiro atoms. The summed E-state index contributed by atoms with van der Waals surface area (Å²) in [5, 5.41) is 17.8. The molecule has 1 amide bonds. The highest BCUT2D eigenvalue weighted by Gasteiger charge is 2.38. The van der Waals surface area contributed by atoms with Crippen molar-refractivity contribution in [2.75, 3.05) is 11.4 Å². The Bertz CT molecular complexity index is 616. The zero-order valence-electron chi connectivity index (χ0n) is 9.97. The highest BCUT2D eigenvalue weighted by atomic mass is 19.1. The number of rotatable bonds is 3. The Kier molecular flexibility index (Phi) is 3.39. The van der Waals surface area contributed by atoms with Crippen LogP contribution in [-0.4, -0.2) is 34.6 Å². The van der Waals surface area contributed by atoms with Crippen LogP contribution in [0, 0.1) is 17.6 Å². The normalized spacial score (nSPS) is 18.4. The van der Waals surface area contributed by atoms with Gasteiger partial charge in [0.05, 0.1) is 17.2 Å². The number of benzene rings is 1. The minimum Gasteiger partial charge on any atom is -0.481 e. The van der Waals surface area contributed by atoms with E-state index in [-0.39, 0.29) is 13.0 Å². The molecule has 1 aliphatic heterocycles. The first-order valence-corrected chi connectivity index (χ1v) is 5.56. The number of aliphatic carboxylic acids is 1. The lowest BCUT2D eigenvalue weighted by molar-refractivity contribution is -0.141. The van der Waals surface area contributed by atoms with Gasteiger partial charge < -0.3 is 15.1 Å². The van der Waals surface area contributed by atoms with Crippen LogP contribution in [0.1, 0.15) is 16.8 Å². The molecule has 1 saturated heterocycles. The maximum absolute atomic E-state index is 13.8. The minimum absolute atomic E-state index is 0.350. The van der Waals surface area contributed by atoms with Crippen LogP contribution in [0.2, 0.25) is 0 Å². The molecule has 1 aromatic carbocycles. The van der Waals surface area contributed by atoms with Gasteiger partial charge in [-0.15, -0.1) is 0 Å². The van der Waals surface area contributed by atoms with E-state index < -0.39 is 46.6 Å². The monoisotopic (exact) mass is 285 g/mol. The van der Waals surface area contributed by atoms with Gasteiger partial charge in [-0.3, -0.25) is 9.59 Å². The molecule has 2 N–H and O–H groups in total. The maximum Gasteiger partial charge on any atom is 0.338 e. The standard InChI is InChI=1S/C12H9F2NO5/c13-6-2-7(12(19)20)10(8(14)3-6)15-4-5(11(17)18)1-9(15)16/h2-3,5H,1,4H2,(H,17,18)(H,19,20). The van der Waals surface area contributed by atoms with Crippen LogP contribution >= 0.6 is 0 Å². The van der Waals surface area contributed by atoms with Crippen molar-refractivity contribution in [2.45, 2.75) is 6.42 Å². The average molecular weight is 285 g/mol. The Balaban J connectivity index is 2.50. The summed E-state index contributed by atoms with van der Waals surface area (Å²) in [6, 6.07) is 1.03. The smallest absolute Gasteiger partial charge is 0.338 e. The third kappa shape index (κ3) is 2.31. The molecule has 1 atom stereocenters. The Labute approximate surface area is 111 Å². The Morgan fingerprint density at radius 1 is 1.25 bits per heavy atom. The van der Waals surface area contributed by atoms with Gasteiger partial charge in [-0.25, -0.2) is 13.6 Å². The molecular weight excluding hydrogens is 276 g/mol. The average Bonchev–Trinajstić information content (AvgIpc) is 2.70. The highest BCUT2D eigenvalue weighted by Crippen LogP contribution is 2.31. The fraction of sp³-hybridized carbons (Fsp3) is 0.250. The van der Waals surface area contributed by atoms with E-state index in [2.05, 4.69) is 0 Å². The second kappa shape index (κ2) is 4.87. The molecule has 1 fully saturated rings. The molecule has 0 bridgehead atoms. The number of carbonyl (C=O) groups is 3. The summed E-state index contributed by atoms with van der Waals surface area (Å²) >= 11 is 0. The number of carbonyl (C=O) groups excluding carboxylic acids is 1. The van der Waals surface area contributed by atoms with Crippen LogP contribution < -0.4 is 4.90 Å². The molecule has 1 heterocycles. The van der Waals surface area contributed by atoms with E-state index in [1.807, 2.05) is 0 Å². The second-order valence-corrected chi connectivity index (χ2v) is 4.33. The lowest BCUT2D eigenvalue weighted by atomic mass is 10.1. The molecule has 0 aromatic heterocycles. The van der Waals surface area contributed by atoms with Gasteiger partial charge in [0.1, 0.15) is 5.82 Å². The predicted molar refractivity (Wildman–Crippen MR) is 61.4 cm³/mol. The van der Waals surface area contributed by atoms with Crippen LogP contribution in [0.5, 0.6) is 0 Å². The van der Waals surface area contributed by atoms with Crippen molar-refractivity contribution in [3.05, 3.63) is 29.3 Å². The first kappa shape index (κ1) is 13.9. The fourth-order valence-electron chi connectivity index (χ4n) is 2.09. The molecule has 1 unspecified atom stereocenters. The largest absolute Gasteiger partial charge is 0.481 e. The summed E-state index contributed by atoms with van der Waals surface area (Å²) in [6.45, 7) is -0.350. The zero-order chi connectivity index (χ0) is 15.0. The van der Waals surface area contributed by atoms with Crippen molar-refractivity contribution in [3.8, 4) is 0 Å². The number of halogens is 2. The summed E-state index contributed by atoms with van der Waals surface area (Å²) in [7, 11) is 0. The van der Waals surface area contributed by atoms with E-state index in [9.17, 15) is 23.2 Å². The van der Waals surface area contributed by atoms with Gasteiger partial charge >= 0.3 is 11.9 Å². The van der Waals surface area contributed by atoms with Crippen molar-refractivity contribution in [1.82, 2.24) is 0 Å². The van der Waals surface area contributed by atoms with Crippen molar-refractivity contribution in [3.63, 3.8) is 0 Å². The van der Waals surface area contributed by atoms with E-state index in [0.717, 1.165) is 4.90 Å². The summed E-state index contributed by atoms with van der Waals surface area (Å²) < 4.78 is 26.8. The van der Waals surface area contributed by atoms with Gasteiger partial charge in [0.2, 0.25) is 5.91 Å². The lowest BCUT2D eigenvalue weighted by Crippen LogP contribution is -2.28. The molecule has 106 valence electrons. The Morgan fingerprint density at radius 3 is 2.40 bits per heavy atom. The van der Waals surface area contributed by atoms with Crippen molar-refractivity contribution < 1.29 is 33.4 Å². The summed E-state index contributed by atoms with van der Waals surface area (Å²) in [5.41, 5.74) is -1.32. The third-order valence-corrected chi connectivity index (χ3v) is 3.00. The first-order chi connectivity index (χ1) is 9.31. The lowest BCUT2D eigenvalue weighted by Gasteiger charge is -2.19. The molecule has 2 rings (SSSR count). The maximum atomic E-state index is 13.8. The van der Waals surface area contributed by atoms with E-state index >= 15 is 0 Å². The van der Waals surface area contributed by atoms with Crippen molar-refractivity contribution >= 4 is 23.5 Å². The molecule has 1 aliphatic rings. The van der Waals surface area contributed by atoms with Gasteiger partial charge in [-0.05, 0) is 6.07 Å². The Hall–Kier alpha value is -2.51. The number of anilines is 1. The van der Waals surface area contributed by atoms with Crippen LogP contribution in [-0.2, 0) is 9.59 Å². The topological polar surface area (TPSA) is 94.9 Å². The molecule has 0 radical (unpaired) electrons. The summed E-state index contributed by atoms with van der Waals surface area (Å²) in [5.74, 6) is -6.92. The SMILES string of the molecule is O=C(O)c1cc(F)cc(F)c1N1CC(C(=O)O)CC1=O. The predicted octanol–water partition coefficient (Wildman–Crippen LogP) is 1.10. The Morgan fingerprint density at radius 2 is 1.90 bits per heavy atom. The van der Waals surface area contributed by atoms with E-state index in [1.165, 1.54) is 0 Å². The molecule has 20 heavy (non-hydrogen) atoms. The van der Waals surface area contributed by atoms with Gasteiger partial charge in [0.15, 0.2) is 5.82 Å². The molecule has 8 heteroatoms. The number of aromatic carboxylic acids is 1. The number of amides is 1. The van der Waals surface area contributed by atoms with Gasteiger partial charge in [-0.1, -0.05) is 0 Å². The van der Waals surface area contributed by atoms with E-state index in [4.69, 9.17) is 10.2 Å². The number of hydrogen-bond donors (Lipinski definition) is 2. The van der Waals surface area contributed by atoms with Crippen LogP contribution in [0.25, 0.3) is 0 Å².